The van der Waals surface area contributed by atoms with Crippen molar-refractivity contribution in [3.8, 4) is 0 Å². The van der Waals surface area contributed by atoms with Crippen LogP contribution in [0.4, 0.5) is 0 Å². The minimum absolute atomic E-state index is 0.100. The van der Waals surface area contributed by atoms with Crippen LogP contribution in [-0.4, -0.2) is 17.0 Å². The van der Waals surface area contributed by atoms with Crippen molar-refractivity contribution in [3.05, 3.63) is 50.6 Å². The van der Waals surface area contributed by atoms with Gasteiger partial charge in [-0.05, 0) is 31.2 Å². The van der Waals surface area contributed by atoms with Crippen LogP contribution in [0.3, 0.4) is 0 Å². The van der Waals surface area contributed by atoms with Crippen LogP contribution in [0.1, 0.15) is 26.8 Å². The molecule has 0 bridgehead atoms. The zero-order valence-electron chi connectivity index (χ0n) is 11.1. The number of carboxylic acids is 1. The van der Waals surface area contributed by atoms with E-state index in [1.165, 1.54) is 23.5 Å². The highest BCUT2D eigenvalue weighted by Gasteiger charge is 2.13. The molecule has 0 aliphatic rings. The first kappa shape index (κ1) is 15.3. The number of aromatic carboxylic acids is 1. The molecule has 2 heterocycles. The predicted octanol–water partition coefficient (Wildman–Crippen LogP) is 3.33. The summed E-state index contributed by atoms with van der Waals surface area (Å²) in [6.07, 6.45) is 3.04. The van der Waals surface area contributed by atoms with E-state index in [0.717, 1.165) is 4.88 Å². The molecular formula is C14H12ClNO4S. The lowest BCUT2D eigenvalue weighted by molar-refractivity contribution is -0.116. The van der Waals surface area contributed by atoms with E-state index in [1.54, 1.807) is 19.1 Å². The molecule has 0 atom stereocenters. The van der Waals surface area contributed by atoms with E-state index >= 15 is 0 Å². The Kier molecular flexibility index (Phi) is 4.82. The van der Waals surface area contributed by atoms with Gasteiger partial charge >= 0.3 is 5.97 Å². The molecule has 0 saturated carbocycles. The maximum Gasteiger partial charge on any atom is 0.339 e. The largest absolute Gasteiger partial charge is 0.478 e. The third kappa shape index (κ3) is 4.21. The standard InChI is InChI=1S/C14H12ClNO4S/c1-8-11(14(18)19)6-9(20-8)7-16-13(17)5-3-10-2-4-12(15)21-10/h2-6H,7H2,1H3,(H,16,17)(H,18,19)/b5-3+. The summed E-state index contributed by atoms with van der Waals surface area (Å²) < 4.78 is 5.91. The first-order chi connectivity index (χ1) is 9.95. The quantitative estimate of drug-likeness (QED) is 0.826. The van der Waals surface area contributed by atoms with E-state index in [2.05, 4.69) is 5.32 Å². The highest BCUT2D eigenvalue weighted by atomic mass is 35.5. The summed E-state index contributed by atoms with van der Waals surface area (Å²) >= 11 is 7.15. The summed E-state index contributed by atoms with van der Waals surface area (Å²) in [5.41, 5.74) is 0.100. The Balaban J connectivity index is 1.90. The number of nitrogens with one attached hydrogen (secondary N) is 1. The van der Waals surface area contributed by atoms with Gasteiger partial charge < -0.3 is 14.8 Å². The molecule has 5 nitrogen and oxygen atoms in total. The summed E-state index contributed by atoms with van der Waals surface area (Å²) in [6, 6.07) is 4.97. The lowest BCUT2D eigenvalue weighted by atomic mass is 10.2. The van der Waals surface area contributed by atoms with Crippen molar-refractivity contribution in [3.63, 3.8) is 0 Å². The molecule has 2 aromatic heterocycles. The van der Waals surface area contributed by atoms with Gasteiger partial charge in [0.15, 0.2) is 0 Å². The molecule has 0 radical (unpaired) electrons. The molecule has 0 unspecified atom stereocenters. The van der Waals surface area contributed by atoms with E-state index in [0.29, 0.717) is 15.9 Å². The lowest BCUT2D eigenvalue weighted by Crippen LogP contribution is -2.19. The molecular weight excluding hydrogens is 314 g/mol. The fraction of sp³-hybridized carbons (Fsp3) is 0.143. The molecule has 0 fully saturated rings. The van der Waals surface area contributed by atoms with Crippen molar-refractivity contribution in [2.75, 3.05) is 0 Å². The van der Waals surface area contributed by atoms with Gasteiger partial charge in [0.25, 0.3) is 0 Å². The molecule has 110 valence electrons. The molecule has 2 N–H and O–H groups in total. The van der Waals surface area contributed by atoms with Gasteiger partial charge in [0.05, 0.1) is 10.9 Å². The molecule has 0 spiro atoms. The molecule has 21 heavy (non-hydrogen) atoms. The smallest absolute Gasteiger partial charge is 0.339 e. The number of aryl methyl sites for hydroxylation is 1. The summed E-state index contributed by atoms with van der Waals surface area (Å²) in [7, 11) is 0. The van der Waals surface area contributed by atoms with E-state index in [1.807, 2.05) is 6.07 Å². The molecule has 1 amide bonds. The second kappa shape index (κ2) is 6.60. The number of furan rings is 1. The minimum atomic E-state index is -1.05. The van der Waals surface area contributed by atoms with Gasteiger partial charge in [0.1, 0.15) is 17.1 Å². The van der Waals surface area contributed by atoms with Gasteiger partial charge in [-0.15, -0.1) is 11.3 Å². The number of carbonyl (C=O) groups is 2. The maximum absolute atomic E-state index is 11.6. The Hall–Kier alpha value is -2.05. The predicted molar refractivity (Wildman–Crippen MR) is 80.6 cm³/mol. The van der Waals surface area contributed by atoms with E-state index in [9.17, 15) is 9.59 Å². The second-order valence-electron chi connectivity index (χ2n) is 4.18. The van der Waals surface area contributed by atoms with Crippen molar-refractivity contribution < 1.29 is 19.1 Å². The van der Waals surface area contributed by atoms with Crippen molar-refractivity contribution in [2.45, 2.75) is 13.5 Å². The lowest BCUT2D eigenvalue weighted by Gasteiger charge is -1.98. The van der Waals surface area contributed by atoms with Crippen LogP contribution in [0, 0.1) is 6.92 Å². The van der Waals surface area contributed by atoms with Crippen LogP contribution < -0.4 is 5.32 Å². The fourth-order valence-electron chi connectivity index (χ4n) is 1.65. The minimum Gasteiger partial charge on any atom is -0.478 e. The van der Waals surface area contributed by atoms with Crippen molar-refractivity contribution in [2.24, 2.45) is 0 Å². The normalized spacial score (nSPS) is 11.0. The number of carbonyl (C=O) groups excluding carboxylic acids is 1. The third-order valence-electron chi connectivity index (χ3n) is 2.63. The molecule has 2 rings (SSSR count). The van der Waals surface area contributed by atoms with Gasteiger partial charge in [-0.3, -0.25) is 4.79 Å². The molecule has 0 saturated heterocycles. The SMILES string of the molecule is Cc1oc(CNC(=O)/C=C/c2ccc(Cl)s2)cc1C(=O)O. The molecule has 7 heteroatoms. The first-order valence-corrected chi connectivity index (χ1v) is 7.19. The second-order valence-corrected chi connectivity index (χ2v) is 5.93. The third-order valence-corrected chi connectivity index (χ3v) is 3.83. The number of hydrogen-bond donors (Lipinski definition) is 2. The van der Waals surface area contributed by atoms with Crippen molar-refractivity contribution in [1.82, 2.24) is 5.32 Å². The van der Waals surface area contributed by atoms with Gasteiger partial charge in [-0.2, -0.15) is 0 Å². The Morgan fingerprint density at radius 1 is 1.48 bits per heavy atom. The number of amides is 1. The number of carboxylic acid groups (broad SMARTS) is 1. The number of hydrogen-bond acceptors (Lipinski definition) is 4. The average molecular weight is 326 g/mol. The average Bonchev–Trinajstić information content (AvgIpc) is 3.00. The van der Waals surface area contributed by atoms with Crippen LogP contribution in [0.2, 0.25) is 4.34 Å². The van der Waals surface area contributed by atoms with Crippen LogP contribution in [0.5, 0.6) is 0 Å². The van der Waals surface area contributed by atoms with E-state index in [-0.39, 0.29) is 18.0 Å². The summed E-state index contributed by atoms with van der Waals surface area (Å²) in [4.78, 5) is 23.4. The highest BCUT2D eigenvalue weighted by molar-refractivity contribution is 7.17. The van der Waals surface area contributed by atoms with Crippen LogP contribution in [0.25, 0.3) is 6.08 Å². The van der Waals surface area contributed by atoms with Gasteiger partial charge in [0.2, 0.25) is 5.91 Å². The van der Waals surface area contributed by atoms with Crippen molar-refractivity contribution in [1.29, 1.82) is 0 Å². The van der Waals surface area contributed by atoms with E-state index in [4.69, 9.17) is 21.1 Å². The van der Waals surface area contributed by atoms with E-state index < -0.39 is 5.97 Å². The number of rotatable bonds is 5. The van der Waals surface area contributed by atoms with Gasteiger partial charge in [-0.1, -0.05) is 11.6 Å². The maximum atomic E-state index is 11.6. The first-order valence-electron chi connectivity index (χ1n) is 5.99. The van der Waals surface area contributed by atoms with Gasteiger partial charge in [-0.25, -0.2) is 4.79 Å². The summed E-state index contributed by atoms with van der Waals surface area (Å²) in [5, 5.41) is 11.5. The monoisotopic (exact) mass is 325 g/mol. The molecule has 0 aliphatic carbocycles. The summed E-state index contributed by atoms with van der Waals surface area (Å²) in [5.74, 6) is -0.643. The van der Waals surface area contributed by atoms with Crippen molar-refractivity contribution >= 4 is 40.9 Å². The zero-order chi connectivity index (χ0) is 15.4. The zero-order valence-corrected chi connectivity index (χ0v) is 12.6. The number of thiophene rings is 1. The Morgan fingerprint density at radius 2 is 2.24 bits per heavy atom. The van der Waals surface area contributed by atoms with Crippen LogP contribution in [-0.2, 0) is 11.3 Å². The van der Waals surface area contributed by atoms with Crippen LogP contribution >= 0.6 is 22.9 Å². The molecule has 2 aromatic rings. The Bertz CT molecular complexity index is 702. The fourth-order valence-corrected chi connectivity index (χ4v) is 2.62. The number of halogens is 1. The van der Waals surface area contributed by atoms with Crippen LogP contribution in [0.15, 0.2) is 28.7 Å². The molecule has 0 aliphatic heterocycles. The Morgan fingerprint density at radius 3 is 2.81 bits per heavy atom. The highest BCUT2D eigenvalue weighted by Crippen LogP contribution is 2.22. The molecule has 0 aromatic carbocycles. The van der Waals surface area contributed by atoms with Gasteiger partial charge in [0, 0.05) is 11.0 Å². The summed E-state index contributed by atoms with van der Waals surface area (Å²) in [6.45, 7) is 1.69. The Labute approximate surface area is 129 Å². The topological polar surface area (TPSA) is 79.5 Å².